The quantitative estimate of drug-likeness (QED) is 0.433. The predicted molar refractivity (Wildman–Crippen MR) is 125 cm³/mol. The van der Waals surface area contributed by atoms with Crippen LogP contribution < -0.4 is 10.2 Å². The van der Waals surface area contributed by atoms with E-state index in [1.807, 2.05) is 37.1 Å². The third-order valence-electron chi connectivity index (χ3n) is 4.97. The van der Waals surface area contributed by atoms with Crippen LogP contribution in [0.4, 0.5) is 5.82 Å². The van der Waals surface area contributed by atoms with Crippen LogP contribution in [0.15, 0.2) is 36.4 Å². The molecule has 3 aromatic rings. The summed E-state index contributed by atoms with van der Waals surface area (Å²) in [6.07, 6.45) is 2.78. The van der Waals surface area contributed by atoms with Gasteiger partial charge in [-0.15, -0.1) is 11.3 Å². The molecular weight excluding hydrogens is 412 g/mol. The zero-order chi connectivity index (χ0) is 22.2. The third kappa shape index (κ3) is 6.49. The van der Waals surface area contributed by atoms with Crippen molar-refractivity contribution in [3.63, 3.8) is 0 Å². The van der Waals surface area contributed by atoms with Gasteiger partial charge in [0, 0.05) is 37.9 Å². The lowest BCUT2D eigenvalue weighted by molar-refractivity contribution is -0.137. The van der Waals surface area contributed by atoms with Gasteiger partial charge >= 0.3 is 5.97 Å². The molecule has 2 N–H and O–H groups in total. The number of thiophene rings is 1. The summed E-state index contributed by atoms with van der Waals surface area (Å²) in [6, 6.07) is 12.3. The van der Waals surface area contributed by atoms with Crippen molar-refractivity contribution in [3.05, 3.63) is 42.2 Å². The number of carboxylic acid groups (broad SMARTS) is 1. The first kappa shape index (κ1) is 22.7. The van der Waals surface area contributed by atoms with Crippen LogP contribution in [0.1, 0.15) is 37.9 Å². The number of nitrogens with one attached hydrogen (secondary N) is 1. The van der Waals surface area contributed by atoms with E-state index in [2.05, 4.69) is 33.5 Å². The van der Waals surface area contributed by atoms with Gasteiger partial charge in [0.15, 0.2) is 0 Å². The van der Waals surface area contributed by atoms with Crippen molar-refractivity contribution in [2.75, 3.05) is 25.0 Å². The van der Waals surface area contributed by atoms with Gasteiger partial charge in [-0.3, -0.25) is 9.59 Å². The average Bonchev–Trinajstić information content (AvgIpc) is 3.18. The molecule has 0 aliphatic heterocycles. The Morgan fingerprint density at radius 1 is 1.10 bits per heavy atom. The summed E-state index contributed by atoms with van der Waals surface area (Å²) < 4.78 is 0. The highest BCUT2D eigenvalue weighted by atomic mass is 32.1. The van der Waals surface area contributed by atoms with E-state index in [0.29, 0.717) is 31.8 Å². The number of benzene rings is 1. The second-order valence-electron chi connectivity index (χ2n) is 7.52. The molecule has 0 fully saturated rings. The van der Waals surface area contributed by atoms with E-state index in [0.717, 1.165) is 39.3 Å². The topological polar surface area (TPSA) is 95.4 Å². The molecule has 0 atom stereocenters. The molecule has 0 spiro atoms. The Kier molecular flexibility index (Phi) is 7.94. The second-order valence-corrected chi connectivity index (χ2v) is 8.55. The summed E-state index contributed by atoms with van der Waals surface area (Å²) in [5, 5.41) is 12.5. The van der Waals surface area contributed by atoms with Crippen LogP contribution in [0.5, 0.6) is 0 Å². The maximum atomic E-state index is 12.2. The van der Waals surface area contributed by atoms with E-state index in [1.165, 1.54) is 0 Å². The Morgan fingerprint density at radius 2 is 1.87 bits per heavy atom. The number of hydrogen-bond donors (Lipinski definition) is 2. The normalized spacial score (nSPS) is 10.9. The minimum Gasteiger partial charge on any atom is -0.481 e. The number of nitrogens with zero attached hydrogens (tertiary/aromatic N) is 3. The molecular formula is C23H28N4O3S. The fourth-order valence-corrected chi connectivity index (χ4v) is 4.39. The van der Waals surface area contributed by atoms with Gasteiger partial charge in [-0.2, -0.15) is 0 Å². The molecule has 2 aromatic heterocycles. The van der Waals surface area contributed by atoms with Gasteiger partial charge < -0.3 is 15.3 Å². The van der Waals surface area contributed by atoms with Gasteiger partial charge in [-0.25, -0.2) is 9.97 Å². The first-order valence-electron chi connectivity index (χ1n) is 10.5. The van der Waals surface area contributed by atoms with E-state index in [9.17, 15) is 9.59 Å². The van der Waals surface area contributed by atoms with Gasteiger partial charge in [-0.05, 0) is 31.4 Å². The summed E-state index contributed by atoms with van der Waals surface area (Å²) >= 11 is 1.65. The molecule has 0 unspecified atom stereocenters. The number of aryl methyl sites for hydroxylation is 1. The van der Waals surface area contributed by atoms with Crippen molar-refractivity contribution < 1.29 is 14.7 Å². The number of fused-ring (bicyclic) bond motifs is 1. The van der Waals surface area contributed by atoms with E-state index in [-0.39, 0.29) is 12.3 Å². The number of unbranched alkanes of at least 4 members (excludes halogenated alkanes) is 2. The largest absolute Gasteiger partial charge is 0.481 e. The highest BCUT2D eigenvalue weighted by Gasteiger charge is 2.15. The van der Waals surface area contributed by atoms with Crippen molar-refractivity contribution in [1.29, 1.82) is 0 Å². The lowest BCUT2D eigenvalue weighted by Gasteiger charge is -2.19. The van der Waals surface area contributed by atoms with E-state index < -0.39 is 5.97 Å². The highest BCUT2D eigenvalue weighted by molar-refractivity contribution is 7.21. The van der Waals surface area contributed by atoms with E-state index >= 15 is 0 Å². The molecule has 31 heavy (non-hydrogen) atoms. The Bertz CT molecular complexity index is 1040. The molecule has 164 valence electrons. The molecule has 0 bridgehead atoms. The minimum absolute atomic E-state index is 0.0117. The van der Waals surface area contributed by atoms with Crippen LogP contribution in [-0.4, -0.2) is 47.1 Å². The van der Waals surface area contributed by atoms with Crippen molar-refractivity contribution in [3.8, 4) is 10.4 Å². The minimum atomic E-state index is -0.775. The third-order valence-corrected chi connectivity index (χ3v) is 6.05. The zero-order valence-electron chi connectivity index (χ0n) is 17.9. The molecule has 0 saturated heterocycles. The Labute approximate surface area is 186 Å². The van der Waals surface area contributed by atoms with E-state index in [4.69, 9.17) is 5.11 Å². The second kappa shape index (κ2) is 10.9. The van der Waals surface area contributed by atoms with E-state index in [1.54, 1.807) is 11.3 Å². The van der Waals surface area contributed by atoms with Crippen LogP contribution in [0.3, 0.4) is 0 Å². The molecule has 2 heterocycles. The van der Waals surface area contributed by atoms with Crippen molar-refractivity contribution >= 4 is 39.2 Å². The Balaban J connectivity index is 1.58. The lowest BCUT2D eigenvalue weighted by Crippen LogP contribution is -2.29. The number of aliphatic carboxylic acids is 1. The van der Waals surface area contributed by atoms with Crippen LogP contribution in [0, 0.1) is 6.92 Å². The first-order valence-corrected chi connectivity index (χ1v) is 11.3. The fourth-order valence-electron chi connectivity index (χ4n) is 3.32. The molecule has 3 rings (SSSR count). The number of hydrogen-bond acceptors (Lipinski definition) is 6. The summed E-state index contributed by atoms with van der Waals surface area (Å²) in [5.74, 6) is 0.758. The SMILES string of the molecule is Cc1nc(N(C)CCC(=O)NCCCCCC(=O)O)c2cc(-c3ccccc3)sc2n1. The highest BCUT2D eigenvalue weighted by Crippen LogP contribution is 2.36. The van der Waals surface area contributed by atoms with Crippen LogP contribution in [-0.2, 0) is 9.59 Å². The first-order chi connectivity index (χ1) is 14.9. The number of amides is 1. The van der Waals surface area contributed by atoms with Gasteiger partial charge in [-0.1, -0.05) is 36.8 Å². The van der Waals surface area contributed by atoms with Gasteiger partial charge in [0.2, 0.25) is 5.91 Å². The van der Waals surface area contributed by atoms with Crippen LogP contribution >= 0.6 is 11.3 Å². The number of rotatable bonds is 11. The number of anilines is 1. The van der Waals surface area contributed by atoms with Crippen molar-refractivity contribution in [2.45, 2.75) is 39.0 Å². The molecule has 1 aromatic carbocycles. The van der Waals surface area contributed by atoms with Crippen molar-refractivity contribution in [2.24, 2.45) is 0 Å². The monoisotopic (exact) mass is 440 g/mol. The lowest BCUT2D eigenvalue weighted by atomic mass is 10.2. The molecule has 1 amide bonds. The van der Waals surface area contributed by atoms with Gasteiger partial charge in [0.05, 0.1) is 5.39 Å². The number of carboxylic acids is 1. The number of aromatic nitrogens is 2. The summed E-state index contributed by atoms with van der Waals surface area (Å²) in [6.45, 7) is 3.01. The van der Waals surface area contributed by atoms with Crippen molar-refractivity contribution in [1.82, 2.24) is 15.3 Å². The summed E-state index contributed by atoms with van der Waals surface area (Å²) in [4.78, 5) is 36.0. The fraction of sp³-hybridized carbons (Fsp3) is 0.391. The standard InChI is InChI=1S/C23H28N4O3S/c1-16-25-22(18-15-19(31-23(18)26-16)17-9-5-3-6-10-17)27(2)14-12-20(28)24-13-8-4-7-11-21(29)30/h3,5-6,9-10,15H,4,7-8,11-14H2,1-2H3,(H,24,28)(H,29,30). The Hall–Kier alpha value is -3.00. The maximum Gasteiger partial charge on any atom is 0.303 e. The summed E-state index contributed by atoms with van der Waals surface area (Å²) in [7, 11) is 1.94. The van der Waals surface area contributed by atoms with Crippen LogP contribution in [0.25, 0.3) is 20.7 Å². The maximum absolute atomic E-state index is 12.2. The Morgan fingerprint density at radius 3 is 2.61 bits per heavy atom. The molecule has 7 nitrogen and oxygen atoms in total. The summed E-state index contributed by atoms with van der Waals surface area (Å²) in [5.41, 5.74) is 1.15. The zero-order valence-corrected chi connectivity index (χ0v) is 18.7. The molecule has 0 radical (unpaired) electrons. The van der Waals surface area contributed by atoms with Crippen LogP contribution in [0.2, 0.25) is 0 Å². The molecule has 8 heteroatoms. The molecule has 0 saturated carbocycles. The number of carbonyl (C=O) groups is 2. The number of carbonyl (C=O) groups excluding carboxylic acids is 1. The predicted octanol–water partition coefficient (Wildman–Crippen LogP) is 4.25. The van der Waals surface area contributed by atoms with Gasteiger partial charge in [0.25, 0.3) is 0 Å². The average molecular weight is 441 g/mol. The molecule has 0 aliphatic rings. The smallest absolute Gasteiger partial charge is 0.303 e. The molecule has 0 aliphatic carbocycles. The van der Waals surface area contributed by atoms with Gasteiger partial charge in [0.1, 0.15) is 16.5 Å².